The number of sulfonamides is 1. The van der Waals surface area contributed by atoms with Gasteiger partial charge >= 0.3 is 12.0 Å². The highest BCUT2D eigenvalue weighted by atomic mass is 35.5. The van der Waals surface area contributed by atoms with Crippen LogP contribution in [0.4, 0.5) is 4.79 Å². The molecule has 0 bridgehead atoms. The molecular weight excluding hydrogens is 433 g/mol. The van der Waals surface area contributed by atoms with Gasteiger partial charge in [0.1, 0.15) is 6.04 Å². The number of carbonyl (C=O) groups excluding carboxylic acids is 3. The van der Waals surface area contributed by atoms with Crippen LogP contribution in [0.15, 0.2) is 23.1 Å². The first-order valence-corrected chi connectivity index (χ1v) is 10.4. The van der Waals surface area contributed by atoms with Gasteiger partial charge in [0, 0.05) is 6.04 Å². The SMILES string of the molecule is CC(C)NC(=O)NC(=O)C(C)OC(=O)[C@H](C)NS(=O)(=O)c1ccc(Cl)c(Cl)c1. The van der Waals surface area contributed by atoms with Gasteiger partial charge in [0.05, 0.1) is 14.9 Å². The maximum absolute atomic E-state index is 12.3. The first-order valence-electron chi connectivity index (χ1n) is 8.12. The molecule has 0 aliphatic heterocycles. The fraction of sp³-hybridized carbons (Fsp3) is 0.438. The van der Waals surface area contributed by atoms with Crippen LogP contribution in [0, 0.1) is 0 Å². The fourth-order valence-electron chi connectivity index (χ4n) is 1.83. The first kappa shape index (κ1) is 24.2. The third kappa shape index (κ3) is 7.27. The predicted molar refractivity (Wildman–Crippen MR) is 104 cm³/mol. The van der Waals surface area contributed by atoms with E-state index in [0.717, 1.165) is 6.07 Å². The molecule has 0 radical (unpaired) electrons. The van der Waals surface area contributed by atoms with Crippen LogP contribution in [-0.4, -0.2) is 44.5 Å². The van der Waals surface area contributed by atoms with Gasteiger partial charge in [0.15, 0.2) is 6.10 Å². The Bertz CT molecular complexity index is 860. The summed E-state index contributed by atoms with van der Waals surface area (Å²) in [6, 6.07) is 1.42. The molecule has 2 atom stereocenters. The molecule has 1 aromatic rings. The molecule has 1 aromatic carbocycles. The fourth-order valence-corrected chi connectivity index (χ4v) is 3.42. The van der Waals surface area contributed by atoms with Gasteiger partial charge in [-0.25, -0.2) is 13.2 Å². The summed E-state index contributed by atoms with van der Waals surface area (Å²) in [6.45, 7) is 5.90. The molecule has 0 saturated carbocycles. The summed E-state index contributed by atoms with van der Waals surface area (Å²) in [5.41, 5.74) is 0. The third-order valence-corrected chi connectivity index (χ3v) is 5.48. The quantitative estimate of drug-likeness (QED) is 0.539. The van der Waals surface area contributed by atoms with Crippen molar-refractivity contribution in [3.8, 4) is 0 Å². The highest BCUT2D eigenvalue weighted by Gasteiger charge is 2.27. The summed E-state index contributed by atoms with van der Waals surface area (Å²) < 4.78 is 31.7. The summed E-state index contributed by atoms with van der Waals surface area (Å²) in [5, 5.41) is 4.66. The second kappa shape index (κ2) is 10.1. The zero-order valence-electron chi connectivity index (χ0n) is 15.6. The monoisotopic (exact) mass is 453 g/mol. The van der Waals surface area contributed by atoms with Crippen LogP contribution >= 0.6 is 23.2 Å². The molecule has 1 rings (SSSR count). The lowest BCUT2D eigenvalue weighted by molar-refractivity contribution is -0.155. The molecule has 0 saturated heterocycles. The Kier molecular flexibility index (Phi) is 8.68. The van der Waals surface area contributed by atoms with Crippen LogP contribution in [0.5, 0.6) is 0 Å². The van der Waals surface area contributed by atoms with E-state index in [1.54, 1.807) is 13.8 Å². The molecular formula is C16H21Cl2N3O6S. The van der Waals surface area contributed by atoms with Crippen molar-refractivity contribution in [3.63, 3.8) is 0 Å². The first-order chi connectivity index (χ1) is 12.8. The van der Waals surface area contributed by atoms with Crippen molar-refractivity contribution >= 4 is 51.1 Å². The number of rotatable bonds is 7. The Morgan fingerprint density at radius 2 is 1.64 bits per heavy atom. The van der Waals surface area contributed by atoms with Gasteiger partial charge in [-0.15, -0.1) is 0 Å². The van der Waals surface area contributed by atoms with Crippen LogP contribution in [0.2, 0.25) is 10.0 Å². The third-order valence-electron chi connectivity index (χ3n) is 3.21. The van der Waals surface area contributed by atoms with Gasteiger partial charge < -0.3 is 10.1 Å². The van der Waals surface area contributed by atoms with E-state index in [-0.39, 0.29) is 21.0 Å². The molecule has 0 fully saturated rings. The zero-order chi connectivity index (χ0) is 21.6. The Hall–Kier alpha value is -1.88. The molecule has 0 aromatic heterocycles. The van der Waals surface area contributed by atoms with Gasteiger partial charge in [-0.3, -0.25) is 14.9 Å². The number of hydrogen-bond donors (Lipinski definition) is 3. The molecule has 0 aliphatic rings. The minimum atomic E-state index is -4.09. The van der Waals surface area contributed by atoms with Crippen molar-refractivity contribution < 1.29 is 27.5 Å². The van der Waals surface area contributed by atoms with Crippen LogP contribution in [0.3, 0.4) is 0 Å². The lowest BCUT2D eigenvalue weighted by Crippen LogP contribution is -2.48. The van der Waals surface area contributed by atoms with Gasteiger partial charge in [-0.2, -0.15) is 4.72 Å². The van der Waals surface area contributed by atoms with E-state index in [1.807, 2.05) is 5.32 Å². The van der Waals surface area contributed by atoms with Crippen molar-refractivity contribution in [3.05, 3.63) is 28.2 Å². The predicted octanol–water partition coefficient (Wildman–Crippen LogP) is 1.83. The largest absolute Gasteiger partial charge is 0.451 e. The van der Waals surface area contributed by atoms with Crippen LogP contribution in [0.25, 0.3) is 0 Å². The minimum Gasteiger partial charge on any atom is -0.451 e. The second-order valence-corrected chi connectivity index (χ2v) is 8.64. The average Bonchev–Trinajstić information content (AvgIpc) is 2.55. The Balaban J connectivity index is 2.69. The number of ether oxygens (including phenoxy) is 1. The van der Waals surface area contributed by atoms with E-state index in [2.05, 4.69) is 10.0 Å². The summed E-state index contributed by atoms with van der Waals surface area (Å²) in [7, 11) is -4.09. The maximum Gasteiger partial charge on any atom is 0.324 e. The molecule has 156 valence electrons. The molecule has 9 nitrogen and oxygen atoms in total. The van der Waals surface area contributed by atoms with E-state index in [1.165, 1.54) is 26.0 Å². The van der Waals surface area contributed by atoms with Gasteiger partial charge in [-0.1, -0.05) is 23.2 Å². The molecule has 0 spiro atoms. The number of hydrogen-bond acceptors (Lipinski definition) is 6. The highest BCUT2D eigenvalue weighted by molar-refractivity contribution is 7.89. The van der Waals surface area contributed by atoms with Crippen molar-refractivity contribution in [2.24, 2.45) is 0 Å². The number of amides is 3. The van der Waals surface area contributed by atoms with E-state index in [9.17, 15) is 22.8 Å². The molecule has 0 heterocycles. The molecule has 3 N–H and O–H groups in total. The second-order valence-electron chi connectivity index (χ2n) is 6.12. The molecule has 1 unspecified atom stereocenters. The number of nitrogens with one attached hydrogen (secondary N) is 3. The number of urea groups is 1. The van der Waals surface area contributed by atoms with E-state index in [0.29, 0.717) is 0 Å². The number of carbonyl (C=O) groups is 3. The van der Waals surface area contributed by atoms with E-state index >= 15 is 0 Å². The van der Waals surface area contributed by atoms with Gasteiger partial charge in [-0.05, 0) is 45.9 Å². The van der Waals surface area contributed by atoms with Gasteiger partial charge in [0.25, 0.3) is 5.91 Å². The lowest BCUT2D eigenvalue weighted by Gasteiger charge is -2.18. The average molecular weight is 454 g/mol. The Labute approximate surface area is 173 Å². The van der Waals surface area contributed by atoms with Crippen molar-refractivity contribution in [2.75, 3.05) is 0 Å². The van der Waals surface area contributed by atoms with Crippen LogP contribution in [-0.2, 0) is 24.3 Å². The van der Waals surface area contributed by atoms with Crippen LogP contribution in [0.1, 0.15) is 27.7 Å². The number of imide groups is 1. The molecule has 3 amide bonds. The van der Waals surface area contributed by atoms with Crippen LogP contribution < -0.4 is 15.4 Å². The maximum atomic E-state index is 12.3. The zero-order valence-corrected chi connectivity index (χ0v) is 17.9. The van der Waals surface area contributed by atoms with Gasteiger partial charge in [0.2, 0.25) is 10.0 Å². The van der Waals surface area contributed by atoms with Crippen molar-refractivity contribution in [2.45, 2.75) is 50.8 Å². The minimum absolute atomic E-state index is 0.0322. The standard InChI is InChI=1S/C16H21Cl2N3O6S/c1-8(2)19-16(24)20-14(22)10(4)27-15(23)9(3)21-28(25,26)11-5-6-12(17)13(18)7-11/h5-10,21H,1-4H3,(H2,19,20,22,24)/t9-,10?/m0/s1. The molecule has 28 heavy (non-hydrogen) atoms. The van der Waals surface area contributed by atoms with E-state index in [4.69, 9.17) is 27.9 Å². The topological polar surface area (TPSA) is 131 Å². The summed E-state index contributed by atoms with van der Waals surface area (Å²) in [4.78, 5) is 35.2. The number of esters is 1. The number of halogens is 2. The number of benzene rings is 1. The molecule has 0 aliphatic carbocycles. The normalized spacial score (nSPS) is 13.5. The highest BCUT2D eigenvalue weighted by Crippen LogP contribution is 2.24. The molecule has 12 heteroatoms. The van der Waals surface area contributed by atoms with E-state index < -0.39 is 40.1 Å². The van der Waals surface area contributed by atoms with Crippen molar-refractivity contribution in [1.82, 2.24) is 15.4 Å². The lowest BCUT2D eigenvalue weighted by atomic mass is 10.3. The Morgan fingerprint density at radius 1 is 1.04 bits per heavy atom. The summed E-state index contributed by atoms with van der Waals surface area (Å²) >= 11 is 11.6. The summed E-state index contributed by atoms with van der Waals surface area (Å²) in [6.07, 6.45) is -1.32. The van der Waals surface area contributed by atoms with Crippen molar-refractivity contribution in [1.29, 1.82) is 0 Å². The smallest absolute Gasteiger partial charge is 0.324 e. The Morgan fingerprint density at radius 3 is 2.18 bits per heavy atom. The summed E-state index contributed by atoms with van der Waals surface area (Å²) in [5.74, 6) is -1.86.